The van der Waals surface area contributed by atoms with E-state index in [9.17, 15) is 9.59 Å². The normalized spacial score (nSPS) is 14.1. The third-order valence-corrected chi connectivity index (χ3v) is 4.25. The van der Waals surface area contributed by atoms with Crippen molar-refractivity contribution in [3.05, 3.63) is 28.2 Å². The van der Waals surface area contributed by atoms with Crippen molar-refractivity contribution >= 4 is 49.2 Å². The van der Waals surface area contributed by atoms with E-state index >= 15 is 0 Å². The van der Waals surface area contributed by atoms with Crippen molar-refractivity contribution in [3.63, 3.8) is 0 Å². The average Bonchev–Trinajstić information content (AvgIpc) is 2.63. The Morgan fingerprint density at radius 2 is 1.79 bits per heavy atom. The predicted molar refractivity (Wildman–Crippen MR) is 83.1 cm³/mol. The van der Waals surface area contributed by atoms with Crippen LogP contribution in [-0.4, -0.2) is 23.6 Å². The minimum atomic E-state index is -0.395. The molecule has 0 aliphatic carbocycles. The molecule has 0 bridgehead atoms. The third-order valence-electron chi connectivity index (χ3n) is 3.20. The number of ketones is 1. The molecule has 1 aliphatic heterocycles. The second-order valence-corrected chi connectivity index (χ2v) is 6.26. The molecule has 0 radical (unpaired) electrons. The number of anilines is 1. The molecular weight excluding hydrogens is 374 g/mol. The zero-order valence-electron chi connectivity index (χ0n) is 10.5. The molecule has 1 aliphatic rings. The SMILES string of the molecule is O=C1C(=O)N(CCCCCCBr)c2ccc(Br)cc21. The van der Waals surface area contributed by atoms with E-state index in [-0.39, 0.29) is 0 Å². The number of halogens is 2. The monoisotopic (exact) mass is 387 g/mol. The smallest absolute Gasteiger partial charge is 0.299 e. The molecule has 0 unspecified atom stereocenters. The van der Waals surface area contributed by atoms with Crippen LogP contribution in [0.5, 0.6) is 0 Å². The van der Waals surface area contributed by atoms with Crippen LogP contribution in [0.3, 0.4) is 0 Å². The third kappa shape index (κ3) is 3.26. The molecule has 2 rings (SSSR count). The van der Waals surface area contributed by atoms with E-state index < -0.39 is 11.7 Å². The molecule has 0 fully saturated rings. The highest BCUT2D eigenvalue weighted by Crippen LogP contribution is 2.31. The van der Waals surface area contributed by atoms with Gasteiger partial charge in [-0.25, -0.2) is 0 Å². The summed E-state index contributed by atoms with van der Waals surface area (Å²) in [6.07, 6.45) is 4.31. The molecule has 3 nitrogen and oxygen atoms in total. The topological polar surface area (TPSA) is 37.4 Å². The molecule has 0 spiro atoms. The van der Waals surface area contributed by atoms with Gasteiger partial charge >= 0.3 is 0 Å². The van der Waals surface area contributed by atoms with Crippen molar-refractivity contribution in [2.75, 3.05) is 16.8 Å². The van der Waals surface area contributed by atoms with Gasteiger partial charge in [-0.1, -0.05) is 44.7 Å². The van der Waals surface area contributed by atoms with Crippen molar-refractivity contribution in [2.24, 2.45) is 0 Å². The zero-order chi connectivity index (χ0) is 13.8. The van der Waals surface area contributed by atoms with Gasteiger partial charge < -0.3 is 4.90 Å². The van der Waals surface area contributed by atoms with Crippen molar-refractivity contribution in [1.82, 2.24) is 0 Å². The number of rotatable bonds is 6. The summed E-state index contributed by atoms with van der Waals surface area (Å²) in [5.74, 6) is -0.787. The van der Waals surface area contributed by atoms with E-state index in [4.69, 9.17) is 0 Å². The van der Waals surface area contributed by atoms with E-state index in [1.165, 1.54) is 0 Å². The fourth-order valence-corrected chi connectivity index (χ4v) is 2.97. The van der Waals surface area contributed by atoms with Gasteiger partial charge in [0.05, 0.1) is 11.3 Å². The van der Waals surface area contributed by atoms with E-state index in [1.807, 2.05) is 12.1 Å². The molecule has 102 valence electrons. The lowest BCUT2D eigenvalue weighted by atomic mass is 10.1. The summed E-state index contributed by atoms with van der Waals surface area (Å²) in [4.78, 5) is 25.4. The number of amides is 1. The molecular formula is C14H15Br2NO2. The molecule has 1 aromatic rings. The van der Waals surface area contributed by atoms with Crippen LogP contribution in [0.15, 0.2) is 22.7 Å². The van der Waals surface area contributed by atoms with Crippen LogP contribution in [0, 0.1) is 0 Å². The van der Waals surface area contributed by atoms with Crippen molar-refractivity contribution < 1.29 is 9.59 Å². The quantitative estimate of drug-likeness (QED) is 0.420. The fourth-order valence-electron chi connectivity index (χ4n) is 2.21. The average molecular weight is 389 g/mol. The number of unbranched alkanes of at least 4 members (excludes halogenated alkanes) is 3. The summed E-state index contributed by atoms with van der Waals surface area (Å²) in [5, 5.41) is 1.02. The minimum Gasteiger partial charge on any atom is -0.305 e. The first-order valence-electron chi connectivity index (χ1n) is 6.37. The predicted octanol–water partition coefficient (Wildman–Crippen LogP) is 3.93. The molecule has 5 heteroatoms. The molecule has 0 atom stereocenters. The number of carbonyl (C=O) groups is 2. The highest BCUT2D eigenvalue weighted by atomic mass is 79.9. The number of fused-ring (bicyclic) bond motifs is 1. The van der Waals surface area contributed by atoms with Crippen LogP contribution in [0.2, 0.25) is 0 Å². The van der Waals surface area contributed by atoms with Gasteiger partial charge in [-0.05, 0) is 31.0 Å². The Balaban J connectivity index is 2.02. The summed E-state index contributed by atoms with van der Waals surface area (Å²) in [7, 11) is 0. The number of nitrogens with zero attached hydrogens (tertiary/aromatic N) is 1. The summed E-state index contributed by atoms with van der Waals surface area (Å²) in [6.45, 7) is 0.626. The Labute approximate surface area is 129 Å². The summed E-state index contributed by atoms with van der Waals surface area (Å²) < 4.78 is 0.826. The van der Waals surface area contributed by atoms with Crippen LogP contribution < -0.4 is 4.90 Å². The standard InChI is InChI=1S/C14H15Br2NO2/c15-7-3-1-2-4-8-17-12-6-5-10(16)9-11(12)13(18)14(17)19/h5-6,9H,1-4,7-8H2. The van der Waals surface area contributed by atoms with Crippen LogP contribution in [0.25, 0.3) is 0 Å². The molecule has 1 aromatic carbocycles. The first kappa shape index (κ1) is 14.7. The maximum Gasteiger partial charge on any atom is 0.299 e. The van der Waals surface area contributed by atoms with Gasteiger partial charge in [0.15, 0.2) is 0 Å². The Morgan fingerprint density at radius 3 is 2.53 bits per heavy atom. The van der Waals surface area contributed by atoms with Gasteiger partial charge in [0.25, 0.3) is 11.7 Å². The maximum atomic E-state index is 11.9. The first-order valence-corrected chi connectivity index (χ1v) is 8.28. The van der Waals surface area contributed by atoms with Gasteiger partial charge in [-0.3, -0.25) is 9.59 Å². The number of alkyl halides is 1. The van der Waals surface area contributed by atoms with Gasteiger partial charge in [0.1, 0.15) is 0 Å². The number of benzene rings is 1. The van der Waals surface area contributed by atoms with Gasteiger partial charge in [-0.2, -0.15) is 0 Å². The summed E-state index contributed by atoms with van der Waals surface area (Å²) in [5.41, 5.74) is 1.26. The van der Waals surface area contributed by atoms with E-state index in [1.54, 1.807) is 11.0 Å². The summed E-state index contributed by atoms with van der Waals surface area (Å²) in [6, 6.07) is 5.42. The first-order chi connectivity index (χ1) is 9.15. The number of hydrogen-bond acceptors (Lipinski definition) is 2. The van der Waals surface area contributed by atoms with Crippen LogP contribution in [0.4, 0.5) is 5.69 Å². The fraction of sp³-hybridized carbons (Fsp3) is 0.429. The molecule has 0 aromatic heterocycles. The van der Waals surface area contributed by atoms with Crippen molar-refractivity contribution in [3.8, 4) is 0 Å². The van der Waals surface area contributed by atoms with Crippen molar-refractivity contribution in [1.29, 1.82) is 0 Å². The highest BCUT2D eigenvalue weighted by Gasteiger charge is 2.35. The summed E-state index contributed by atoms with van der Waals surface area (Å²) >= 11 is 6.73. The Hall–Kier alpha value is -0.680. The molecule has 19 heavy (non-hydrogen) atoms. The number of Topliss-reactive ketones (excluding diaryl/α,β-unsaturated/α-hetero) is 1. The highest BCUT2D eigenvalue weighted by molar-refractivity contribution is 9.10. The molecule has 0 N–H and O–H groups in total. The molecule has 1 heterocycles. The van der Waals surface area contributed by atoms with E-state index in [0.717, 1.165) is 41.2 Å². The Bertz CT molecular complexity index is 502. The lowest BCUT2D eigenvalue weighted by molar-refractivity contribution is -0.114. The van der Waals surface area contributed by atoms with Crippen molar-refractivity contribution in [2.45, 2.75) is 25.7 Å². The van der Waals surface area contributed by atoms with Gasteiger partial charge in [0, 0.05) is 16.3 Å². The number of hydrogen-bond donors (Lipinski definition) is 0. The van der Waals surface area contributed by atoms with E-state index in [0.29, 0.717) is 12.1 Å². The van der Waals surface area contributed by atoms with Crippen LogP contribution in [-0.2, 0) is 4.79 Å². The maximum absolute atomic E-state index is 11.9. The minimum absolute atomic E-state index is 0.392. The Kier molecular flexibility index (Phi) is 5.16. The second-order valence-electron chi connectivity index (χ2n) is 4.55. The van der Waals surface area contributed by atoms with Gasteiger partial charge in [0.2, 0.25) is 0 Å². The van der Waals surface area contributed by atoms with Crippen LogP contribution >= 0.6 is 31.9 Å². The van der Waals surface area contributed by atoms with Gasteiger partial charge in [-0.15, -0.1) is 0 Å². The zero-order valence-corrected chi connectivity index (χ0v) is 13.7. The Morgan fingerprint density at radius 1 is 1.05 bits per heavy atom. The number of carbonyl (C=O) groups excluding carboxylic acids is 2. The largest absolute Gasteiger partial charge is 0.305 e. The molecule has 0 saturated heterocycles. The lowest BCUT2D eigenvalue weighted by Gasteiger charge is -2.16. The second kappa shape index (κ2) is 6.66. The molecule has 1 amide bonds. The molecule has 0 saturated carbocycles. The van der Waals surface area contributed by atoms with Crippen LogP contribution in [0.1, 0.15) is 36.0 Å². The van der Waals surface area contributed by atoms with E-state index in [2.05, 4.69) is 31.9 Å². The lowest BCUT2D eigenvalue weighted by Crippen LogP contribution is -2.30.